The predicted octanol–water partition coefficient (Wildman–Crippen LogP) is 3.74. The van der Waals surface area contributed by atoms with Gasteiger partial charge in [-0.25, -0.2) is 9.50 Å². The van der Waals surface area contributed by atoms with Crippen LogP contribution in [0.5, 0.6) is 0 Å². The molecule has 1 aliphatic rings. The summed E-state index contributed by atoms with van der Waals surface area (Å²) >= 11 is 0. The van der Waals surface area contributed by atoms with Crippen LogP contribution >= 0.6 is 0 Å². The molecule has 198 valence electrons. The molecule has 0 radical (unpaired) electrons. The summed E-state index contributed by atoms with van der Waals surface area (Å²) in [6.07, 6.45) is 14.3. The number of hydrogen-bond donors (Lipinski definition) is 0. The summed E-state index contributed by atoms with van der Waals surface area (Å²) in [5.74, 6) is 0.965. The second-order valence-electron chi connectivity index (χ2n) is 9.48. The van der Waals surface area contributed by atoms with Crippen molar-refractivity contribution in [3.8, 4) is 28.3 Å². The first-order chi connectivity index (χ1) is 19.0. The smallest absolute Gasteiger partial charge is 0.228 e. The predicted molar refractivity (Wildman–Crippen MR) is 152 cm³/mol. The van der Waals surface area contributed by atoms with Crippen molar-refractivity contribution in [2.24, 2.45) is 12.0 Å². The molecule has 1 amide bonds. The van der Waals surface area contributed by atoms with Crippen LogP contribution in [0.3, 0.4) is 0 Å². The Morgan fingerprint density at radius 1 is 1.08 bits per heavy atom. The van der Waals surface area contributed by atoms with Crippen molar-refractivity contribution in [3.63, 3.8) is 0 Å². The van der Waals surface area contributed by atoms with E-state index < -0.39 is 0 Å². The van der Waals surface area contributed by atoms with Crippen molar-refractivity contribution in [2.75, 3.05) is 38.1 Å². The van der Waals surface area contributed by atoms with Crippen LogP contribution in [0.15, 0.2) is 66.3 Å². The van der Waals surface area contributed by atoms with Crippen molar-refractivity contribution in [1.82, 2.24) is 29.3 Å². The monoisotopic (exact) mass is 521 g/mol. The first-order valence-corrected chi connectivity index (χ1v) is 13.0. The highest BCUT2D eigenvalue weighted by Crippen LogP contribution is 2.32. The molecule has 10 nitrogen and oxygen atoms in total. The lowest BCUT2D eigenvalue weighted by atomic mass is 10.0. The van der Waals surface area contributed by atoms with Gasteiger partial charge in [0, 0.05) is 86.8 Å². The molecule has 5 rings (SSSR count). The van der Waals surface area contributed by atoms with Gasteiger partial charge in [0.15, 0.2) is 0 Å². The van der Waals surface area contributed by atoms with E-state index in [1.54, 1.807) is 22.4 Å². The summed E-state index contributed by atoms with van der Waals surface area (Å²) in [7, 11) is 3.61. The van der Waals surface area contributed by atoms with Gasteiger partial charge >= 0.3 is 0 Å². The molecule has 0 aliphatic carbocycles. The number of hydrogen-bond acceptors (Lipinski definition) is 7. The van der Waals surface area contributed by atoms with Gasteiger partial charge in [-0.2, -0.15) is 15.5 Å². The Labute approximate surface area is 227 Å². The number of rotatable bonds is 7. The Hall–Kier alpha value is -4.78. The molecule has 0 atom stereocenters. The lowest BCUT2D eigenvalue weighted by molar-refractivity contribution is -0.130. The number of fused-ring (bicyclic) bond motifs is 1. The van der Waals surface area contributed by atoms with Gasteiger partial charge in [-0.1, -0.05) is 13.0 Å². The number of aliphatic imine (C=N–C) groups is 1. The minimum atomic E-state index is 0.103. The van der Waals surface area contributed by atoms with Gasteiger partial charge in [-0.05, 0) is 30.7 Å². The molecule has 39 heavy (non-hydrogen) atoms. The van der Waals surface area contributed by atoms with E-state index in [2.05, 4.69) is 39.1 Å². The fourth-order valence-electron chi connectivity index (χ4n) is 4.80. The fraction of sp³-hybridized carbons (Fsp3) is 0.310. The molecule has 0 spiro atoms. The molecule has 0 saturated carbocycles. The molecule has 0 aromatic carbocycles. The van der Waals surface area contributed by atoms with Crippen molar-refractivity contribution < 1.29 is 4.79 Å². The molecule has 4 aromatic heterocycles. The quantitative estimate of drug-likeness (QED) is 0.343. The number of carbonyl (C=O) groups excluding carboxylic acids is 1. The van der Waals surface area contributed by atoms with Gasteiger partial charge in [-0.15, -0.1) is 0 Å². The van der Waals surface area contributed by atoms with Crippen molar-refractivity contribution in [2.45, 2.75) is 19.8 Å². The molecule has 5 heterocycles. The summed E-state index contributed by atoms with van der Waals surface area (Å²) < 4.78 is 3.50. The third-order valence-electron chi connectivity index (χ3n) is 6.95. The molecule has 4 aromatic rings. The fourth-order valence-corrected chi connectivity index (χ4v) is 4.80. The lowest BCUT2D eigenvalue weighted by Gasteiger charge is -2.35. The highest BCUT2D eigenvalue weighted by Gasteiger charge is 2.23. The molecule has 0 N–H and O–H groups in total. The third kappa shape index (κ3) is 5.43. The van der Waals surface area contributed by atoms with Crippen LogP contribution in [0.1, 0.15) is 25.3 Å². The van der Waals surface area contributed by atoms with Gasteiger partial charge in [0.05, 0.1) is 29.9 Å². The van der Waals surface area contributed by atoms with E-state index in [4.69, 9.17) is 4.98 Å². The van der Waals surface area contributed by atoms with Gasteiger partial charge in [-0.3, -0.25) is 14.5 Å². The molecular formula is C29H31N9O. The number of nitriles is 1. The van der Waals surface area contributed by atoms with Gasteiger partial charge < -0.3 is 9.80 Å². The summed E-state index contributed by atoms with van der Waals surface area (Å²) in [4.78, 5) is 25.9. The van der Waals surface area contributed by atoms with E-state index in [0.29, 0.717) is 38.2 Å². The summed E-state index contributed by atoms with van der Waals surface area (Å²) in [5.41, 5.74) is 5.75. The van der Waals surface area contributed by atoms with E-state index in [-0.39, 0.29) is 5.91 Å². The van der Waals surface area contributed by atoms with Crippen LogP contribution in [0, 0.1) is 11.3 Å². The maximum atomic E-state index is 12.8. The number of amides is 1. The number of pyridine rings is 2. The van der Waals surface area contributed by atoms with Crippen LogP contribution in [0.25, 0.3) is 27.8 Å². The normalized spacial score (nSPS) is 14.4. The highest BCUT2D eigenvalue weighted by atomic mass is 16.2. The van der Waals surface area contributed by atoms with Crippen LogP contribution in [-0.2, 0) is 11.8 Å². The largest absolute Gasteiger partial charge is 0.353 e. The Bertz CT molecular complexity index is 1580. The number of piperazine rings is 1. The molecule has 0 unspecified atom stereocenters. The Morgan fingerprint density at radius 2 is 1.90 bits per heavy atom. The molecule has 0 bridgehead atoms. The number of nitrogens with zero attached hydrogens (tertiary/aromatic N) is 9. The number of aromatic nitrogens is 5. The van der Waals surface area contributed by atoms with E-state index >= 15 is 0 Å². The zero-order chi connectivity index (χ0) is 27.4. The Balaban J connectivity index is 1.33. The van der Waals surface area contributed by atoms with Crippen LogP contribution in [0.4, 0.5) is 5.82 Å². The third-order valence-corrected chi connectivity index (χ3v) is 6.95. The highest BCUT2D eigenvalue weighted by molar-refractivity contribution is 6.07. The summed E-state index contributed by atoms with van der Waals surface area (Å²) in [6, 6.07) is 8.34. The number of anilines is 1. The van der Waals surface area contributed by atoms with Crippen molar-refractivity contribution in [1.29, 1.82) is 5.26 Å². The van der Waals surface area contributed by atoms with Crippen LogP contribution in [-0.4, -0.2) is 74.1 Å². The topological polar surface area (TPSA) is 108 Å². The Morgan fingerprint density at radius 3 is 2.54 bits per heavy atom. The standard InChI is InChI=1S/C29H31N9O/c1-4-5-6-25(31-2)14-28(39)37-11-9-36(10-12-37)27-8-7-21(16-32-27)26-13-22(24-18-33-35(3)19-24)20-38-29(26)23(15-30)17-34-38/h5-8,13,16-20H,4,9-12,14H2,1-3H3/b6-5-,31-25?. The van der Waals surface area contributed by atoms with E-state index in [1.165, 1.54) is 0 Å². The second kappa shape index (κ2) is 11.3. The molecule has 1 saturated heterocycles. The molecule has 1 fully saturated rings. The van der Waals surface area contributed by atoms with E-state index in [9.17, 15) is 10.1 Å². The SMILES string of the molecule is CC/C=C\C(CC(=O)N1CCN(c2ccc(-c3cc(-c4cnn(C)c4)cn4ncc(C#N)c34)cn2)CC1)=NC. The molecule has 1 aliphatic heterocycles. The Kier molecular flexibility index (Phi) is 7.50. The van der Waals surface area contributed by atoms with Gasteiger partial charge in [0.2, 0.25) is 5.91 Å². The average molecular weight is 522 g/mol. The van der Waals surface area contributed by atoms with E-state index in [0.717, 1.165) is 45.7 Å². The first-order valence-electron chi connectivity index (χ1n) is 13.0. The zero-order valence-corrected chi connectivity index (χ0v) is 22.4. The van der Waals surface area contributed by atoms with E-state index in [1.807, 2.05) is 61.0 Å². The van der Waals surface area contributed by atoms with Crippen LogP contribution in [0.2, 0.25) is 0 Å². The minimum Gasteiger partial charge on any atom is -0.353 e. The minimum absolute atomic E-state index is 0.103. The number of carbonyl (C=O) groups is 1. The summed E-state index contributed by atoms with van der Waals surface area (Å²) in [5, 5.41) is 18.4. The average Bonchev–Trinajstić information content (AvgIpc) is 3.60. The van der Waals surface area contributed by atoms with Crippen molar-refractivity contribution >= 4 is 23.0 Å². The second-order valence-corrected chi connectivity index (χ2v) is 9.48. The maximum Gasteiger partial charge on any atom is 0.228 e. The summed E-state index contributed by atoms with van der Waals surface area (Å²) in [6.45, 7) is 4.78. The van der Waals surface area contributed by atoms with Crippen molar-refractivity contribution in [3.05, 3.63) is 66.9 Å². The van der Waals surface area contributed by atoms with Gasteiger partial charge in [0.1, 0.15) is 11.9 Å². The first kappa shape index (κ1) is 25.9. The number of allylic oxidation sites excluding steroid dienone is 2. The number of aryl methyl sites for hydroxylation is 1. The zero-order valence-electron chi connectivity index (χ0n) is 22.4. The van der Waals surface area contributed by atoms with Crippen LogP contribution < -0.4 is 4.90 Å². The molecule has 10 heteroatoms. The maximum absolute atomic E-state index is 12.8. The van der Waals surface area contributed by atoms with Gasteiger partial charge in [0.25, 0.3) is 0 Å². The molecular weight excluding hydrogens is 490 g/mol. The lowest BCUT2D eigenvalue weighted by Crippen LogP contribution is -2.49.